The Morgan fingerprint density at radius 3 is 3.06 bits per heavy atom. The van der Waals surface area contributed by atoms with Crippen LogP contribution in [0.15, 0.2) is 18.2 Å². The number of aryl methyl sites for hydroxylation is 1. The number of Topliss-reactive ketones (excluding diaryl/α,β-unsaturated/α-hetero) is 1. The maximum Gasteiger partial charge on any atom is 0.163 e. The highest BCUT2D eigenvalue weighted by Crippen LogP contribution is 2.25. The molecule has 0 radical (unpaired) electrons. The van der Waals surface area contributed by atoms with E-state index in [1.165, 1.54) is 5.75 Å². The summed E-state index contributed by atoms with van der Waals surface area (Å²) in [6.07, 6.45) is 3.75. The van der Waals surface area contributed by atoms with Crippen LogP contribution in [0.1, 0.15) is 42.1 Å². The Hall–Kier alpha value is -0.960. The summed E-state index contributed by atoms with van der Waals surface area (Å²) >= 11 is 1.94. The molecule has 0 amide bonds. The molecule has 0 spiro atoms. The van der Waals surface area contributed by atoms with Crippen molar-refractivity contribution in [2.24, 2.45) is 0 Å². The van der Waals surface area contributed by atoms with Crippen LogP contribution >= 0.6 is 11.8 Å². The van der Waals surface area contributed by atoms with Crippen LogP contribution in [0, 0.1) is 0 Å². The van der Waals surface area contributed by atoms with Gasteiger partial charge in [0.1, 0.15) is 5.75 Å². The van der Waals surface area contributed by atoms with Gasteiger partial charge in [-0.15, -0.1) is 0 Å². The first-order chi connectivity index (χ1) is 8.81. The second kappa shape index (κ2) is 6.83. The van der Waals surface area contributed by atoms with Crippen molar-refractivity contribution >= 4 is 17.5 Å². The molecule has 0 saturated heterocycles. The molecule has 3 heteroatoms. The molecule has 0 N–H and O–H groups in total. The third-order valence-corrected chi connectivity index (χ3v) is 4.12. The summed E-state index contributed by atoms with van der Waals surface area (Å²) in [6, 6.07) is 5.89. The summed E-state index contributed by atoms with van der Waals surface area (Å²) in [6.45, 7) is 2.94. The molecule has 2 rings (SSSR count). The molecule has 2 nitrogen and oxygen atoms in total. The fraction of sp³-hybridized carbons (Fsp3) is 0.533. The highest BCUT2D eigenvalue weighted by molar-refractivity contribution is 7.99. The van der Waals surface area contributed by atoms with Crippen LogP contribution in [0.5, 0.6) is 5.75 Å². The van der Waals surface area contributed by atoms with Crippen molar-refractivity contribution in [2.45, 2.75) is 32.6 Å². The Labute approximate surface area is 113 Å². The molecule has 0 atom stereocenters. The lowest BCUT2D eigenvalue weighted by Crippen LogP contribution is -2.11. The van der Waals surface area contributed by atoms with E-state index in [0.29, 0.717) is 6.42 Å². The molecule has 1 aliphatic rings. The van der Waals surface area contributed by atoms with Crippen LogP contribution in [0.3, 0.4) is 0 Å². The van der Waals surface area contributed by atoms with E-state index in [-0.39, 0.29) is 5.78 Å². The van der Waals surface area contributed by atoms with Gasteiger partial charge in [0.25, 0.3) is 0 Å². The van der Waals surface area contributed by atoms with Crippen LogP contribution < -0.4 is 4.74 Å². The van der Waals surface area contributed by atoms with E-state index >= 15 is 0 Å². The number of benzene rings is 1. The lowest BCUT2D eigenvalue weighted by Gasteiger charge is -2.15. The largest absolute Gasteiger partial charge is 0.494 e. The van der Waals surface area contributed by atoms with E-state index in [9.17, 15) is 4.79 Å². The van der Waals surface area contributed by atoms with Crippen LogP contribution in [0.4, 0.5) is 0 Å². The molecular weight excluding hydrogens is 244 g/mol. The van der Waals surface area contributed by atoms with Crippen LogP contribution in [0.2, 0.25) is 0 Å². The number of thioether (sulfide) groups is 1. The maximum atomic E-state index is 11.7. The van der Waals surface area contributed by atoms with Gasteiger partial charge in [-0.2, -0.15) is 11.8 Å². The molecule has 1 aromatic carbocycles. The van der Waals surface area contributed by atoms with Gasteiger partial charge in [-0.05, 0) is 54.5 Å². The van der Waals surface area contributed by atoms with Crippen molar-refractivity contribution in [3.63, 3.8) is 0 Å². The Kier molecular flexibility index (Phi) is 5.12. The number of carbonyl (C=O) groups is 1. The molecule has 0 aromatic heterocycles. The molecule has 1 aliphatic carbocycles. The molecule has 0 bridgehead atoms. The van der Waals surface area contributed by atoms with Crippen molar-refractivity contribution in [1.29, 1.82) is 0 Å². The summed E-state index contributed by atoms with van der Waals surface area (Å²) in [4.78, 5) is 11.7. The third-order valence-electron chi connectivity index (χ3n) is 3.13. The van der Waals surface area contributed by atoms with Crippen molar-refractivity contribution < 1.29 is 9.53 Å². The quantitative estimate of drug-likeness (QED) is 0.732. The number of ether oxygens (including phenoxy) is 1. The number of ketones is 1. The average Bonchev–Trinajstić information content (AvgIpc) is 2.39. The van der Waals surface area contributed by atoms with Gasteiger partial charge in [-0.1, -0.05) is 6.92 Å². The number of hydrogen-bond donors (Lipinski definition) is 0. The molecule has 0 heterocycles. The van der Waals surface area contributed by atoms with E-state index in [2.05, 4.69) is 6.92 Å². The summed E-state index contributed by atoms with van der Waals surface area (Å²) in [5, 5.41) is 0. The Balaban J connectivity index is 1.88. The highest BCUT2D eigenvalue weighted by atomic mass is 32.2. The zero-order chi connectivity index (χ0) is 12.8. The summed E-state index contributed by atoms with van der Waals surface area (Å²) in [7, 11) is 0. The van der Waals surface area contributed by atoms with Crippen molar-refractivity contribution in [1.82, 2.24) is 0 Å². The molecule has 1 aromatic rings. The highest BCUT2D eigenvalue weighted by Gasteiger charge is 2.17. The van der Waals surface area contributed by atoms with Crippen LogP contribution in [-0.4, -0.2) is 23.9 Å². The van der Waals surface area contributed by atoms with Crippen LogP contribution in [0.25, 0.3) is 0 Å². The van der Waals surface area contributed by atoms with Gasteiger partial charge in [0.05, 0.1) is 6.61 Å². The summed E-state index contributed by atoms with van der Waals surface area (Å²) in [5.41, 5.74) is 2.06. The first-order valence-electron chi connectivity index (χ1n) is 6.68. The lowest BCUT2D eigenvalue weighted by molar-refractivity contribution is 0.0972. The Morgan fingerprint density at radius 1 is 1.33 bits per heavy atom. The van der Waals surface area contributed by atoms with E-state index in [4.69, 9.17) is 4.74 Å². The van der Waals surface area contributed by atoms with Gasteiger partial charge in [0, 0.05) is 12.0 Å². The monoisotopic (exact) mass is 264 g/mol. The van der Waals surface area contributed by atoms with E-state index in [1.54, 1.807) is 0 Å². The second-order valence-electron chi connectivity index (χ2n) is 4.49. The predicted molar refractivity (Wildman–Crippen MR) is 76.8 cm³/mol. The Morgan fingerprint density at radius 2 is 2.22 bits per heavy atom. The molecule has 98 valence electrons. The molecule has 0 fully saturated rings. The standard InChI is InChI=1S/C15H20O2S/c1-2-18-10-4-9-17-13-7-8-14-12(11-13)5-3-6-15(14)16/h7-8,11H,2-6,9-10H2,1H3. The molecular formula is C15H20O2S. The summed E-state index contributed by atoms with van der Waals surface area (Å²) in [5.74, 6) is 3.51. The van der Waals surface area contributed by atoms with Crippen molar-refractivity contribution in [2.75, 3.05) is 18.1 Å². The normalized spacial score (nSPS) is 14.4. The van der Waals surface area contributed by atoms with Gasteiger partial charge in [-0.25, -0.2) is 0 Å². The molecule has 0 unspecified atom stereocenters. The third kappa shape index (κ3) is 3.52. The number of carbonyl (C=O) groups excluding carboxylic acids is 1. The molecule has 0 saturated carbocycles. The smallest absolute Gasteiger partial charge is 0.163 e. The second-order valence-corrected chi connectivity index (χ2v) is 5.89. The minimum atomic E-state index is 0.280. The zero-order valence-electron chi connectivity index (χ0n) is 10.9. The average molecular weight is 264 g/mol. The van der Waals surface area contributed by atoms with Crippen LogP contribution in [-0.2, 0) is 6.42 Å². The molecule has 18 heavy (non-hydrogen) atoms. The predicted octanol–water partition coefficient (Wildman–Crippen LogP) is 3.73. The fourth-order valence-corrected chi connectivity index (χ4v) is 2.82. The van der Waals surface area contributed by atoms with E-state index in [0.717, 1.165) is 48.5 Å². The van der Waals surface area contributed by atoms with E-state index < -0.39 is 0 Å². The summed E-state index contributed by atoms with van der Waals surface area (Å²) < 4.78 is 5.73. The Bertz CT molecular complexity index is 415. The lowest BCUT2D eigenvalue weighted by atomic mass is 9.91. The molecule has 0 aliphatic heterocycles. The number of fused-ring (bicyclic) bond motifs is 1. The van der Waals surface area contributed by atoms with Gasteiger partial charge in [0.15, 0.2) is 5.78 Å². The van der Waals surface area contributed by atoms with Gasteiger partial charge in [-0.3, -0.25) is 4.79 Å². The minimum absolute atomic E-state index is 0.280. The van der Waals surface area contributed by atoms with Gasteiger partial charge >= 0.3 is 0 Å². The zero-order valence-corrected chi connectivity index (χ0v) is 11.7. The van der Waals surface area contributed by atoms with Gasteiger partial charge in [0.2, 0.25) is 0 Å². The SMILES string of the molecule is CCSCCCOc1ccc2c(c1)CCCC2=O. The topological polar surface area (TPSA) is 26.3 Å². The first kappa shape index (κ1) is 13.5. The van der Waals surface area contributed by atoms with E-state index in [1.807, 2.05) is 30.0 Å². The van der Waals surface area contributed by atoms with Crippen molar-refractivity contribution in [3.05, 3.63) is 29.3 Å². The minimum Gasteiger partial charge on any atom is -0.494 e. The number of hydrogen-bond acceptors (Lipinski definition) is 3. The first-order valence-corrected chi connectivity index (χ1v) is 7.83. The van der Waals surface area contributed by atoms with Gasteiger partial charge < -0.3 is 4.74 Å². The maximum absolute atomic E-state index is 11.7. The number of rotatable bonds is 6. The van der Waals surface area contributed by atoms with Crippen molar-refractivity contribution in [3.8, 4) is 5.75 Å². The fourth-order valence-electron chi connectivity index (χ4n) is 2.21.